The Labute approximate surface area is 193 Å². The normalized spacial score (nSPS) is 17.6. The van der Waals surface area contributed by atoms with E-state index in [9.17, 15) is 14.4 Å². The number of hydrogen-bond donors (Lipinski definition) is 0. The molecule has 1 saturated carbocycles. The van der Waals surface area contributed by atoms with Gasteiger partial charge in [0, 0.05) is 23.9 Å². The molecule has 2 aromatic rings. The predicted molar refractivity (Wildman–Crippen MR) is 123 cm³/mol. The van der Waals surface area contributed by atoms with Gasteiger partial charge in [0.2, 0.25) is 11.8 Å². The maximum atomic E-state index is 13.5. The van der Waals surface area contributed by atoms with Crippen molar-refractivity contribution >= 4 is 29.1 Å². The number of esters is 1. The van der Waals surface area contributed by atoms with Gasteiger partial charge in [0.1, 0.15) is 6.54 Å². The molecule has 32 heavy (non-hydrogen) atoms. The number of ether oxygens (including phenoxy) is 1. The number of amides is 2. The zero-order chi connectivity index (χ0) is 22.7. The number of rotatable bonds is 8. The quantitative estimate of drug-likeness (QED) is 0.568. The Balaban J connectivity index is 1.50. The Morgan fingerprint density at radius 3 is 2.56 bits per heavy atom. The number of fused-ring (bicyclic) bond motifs is 1. The number of carbonyl (C=O) groups excluding carboxylic acids is 3. The first kappa shape index (κ1) is 22.5. The van der Waals surface area contributed by atoms with Gasteiger partial charge >= 0.3 is 5.97 Å². The molecule has 170 valence electrons. The Kier molecular flexibility index (Phi) is 6.94. The molecule has 1 aromatic heterocycles. The maximum Gasteiger partial charge on any atom is 0.306 e. The molecule has 6 nitrogen and oxygen atoms in total. The minimum Gasteiger partial charge on any atom is -0.466 e. The van der Waals surface area contributed by atoms with E-state index in [0.717, 1.165) is 24.8 Å². The highest BCUT2D eigenvalue weighted by Crippen LogP contribution is 2.38. The summed E-state index contributed by atoms with van der Waals surface area (Å²) >= 11 is 1.74. The van der Waals surface area contributed by atoms with E-state index in [1.165, 1.54) is 16.0 Å². The first-order valence-corrected chi connectivity index (χ1v) is 12.2. The van der Waals surface area contributed by atoms with E-state index in [1.807, 2.05) is 4.90 Å². The van der Waals surface area contributed by atoms with Gasteiger partial charge in [-0.05, 0) is 55.7 Å². The molecule has 1 atom stereocenters. The molecule has 1 aromatic carbocycles. The zero-order valence-corrected chi connectivity index (χ0v) is 19.5. The Hall–Kier alpha value is -2.67. The summed E-state index contributed by atoms with van der Waals surface area (Å²) in [7, 11) is 0. The number of carbonyl (C=O) groups is 3. The molecule has 2 heterocycles. The Bertz CT molecular complexity index is 980. The van der Waals surface area contributed by atoms with Gasteiger partial charge in [-0.15, -0.1) is 11.3 Å². The molecule has 0 spiro atoms. The third-order valence-electron chi connectivity index (χ3n) is 6.14. The lowest BCUT2D eigenvalue weighted by Gasteiger charge is -2.37. The molecule has 4 rings (SSSR count). The van der Waals surface area contributed by atoms with Crippen molar-refractivity contribution in [3.63, 3.8) is 0 Å². The lowest BCUT2D eigenvalue weighted by Crippen LogP contribution is -2.47. The van der Waals surface area contributed by atoms with Crippen LogP contribution in [0.3, 0.4) is 0 Å². The fourth-order valence-electron chi connectivity index (χ4n) is 4.32. The molecule has 0 N–H and O–H groups in total. The molecule has 2 aliphatic rings. The topological polar surface area (TPSA) is 66.9 Å². The standard InChI is InChI=1S/C25H30N2O4S/c1-3-31-24(30)11-10-22(28)27(19-8-9-19)16-23(29)26-14-12-21-20(13-15-32-21)25(26)18-6-4-17(2)5-7-18/h4-7,13,15,19,25H,3,8-12,14,16H2,1-2H3. The number of nitrogens with zero attached hydrogens (tertiary/aromatic N) is 2. The molecule has 0 bridgehead atoms. The van der Waals surface area contributed by atoms with Crippen LogP contribution in [0.5, 0.6) is 0 Å². The van der Waals surface area contributed by atoms with Crippen molar-refractivity contribution in [2.75, 3.05) is 19.7 Å². The van der Waals surface area contributed by atoms with Crippen molar-refractivity contribution in [1.82, 2.24) is 9.80 Å². The summed E-state index contributed by atoms with van der Waals surface area (Å²) < 4.78 is 4.94. The molecule has 7 heteroatoms. The van der Waals surface area contributed by atoms with Gasteiger partial charge in [-0.3, -0.25) is 14.4 Å². The summed E-state index contributed by atoms with van der Waals surface area (Å²) in [5.41, 5.74) is 3.46. The van der Waals surface area contributed by atoms with E-state index >= 15 is 0 Å². The summed E-state index contributed by atoms with van der Waals surface area (Å²) in [6.07, 6.45) is 2.79. The second-order valence-corrected chi connectivity index (χ2v) is 9.51. The number of aryl methyl sites for hydroxylation is 1. The Morgan fingerprint density at radius 2 is 1.88 bits per heavy atom. The highest BCUT2D eigenvalue weighted by atomic mass is 32.1. The number of hydrogen-bond acceptors (Lipinski definition) is 5. The van der Waals surface area contributed by atoms with E-state index in [1.54, 1.807) is 23.2 Å². The van der Waals surface area contributed by atoms with Crippen LogP contribution < -0.4 is 0 Å². The second kappa shape index (κ2) is 9.86. The molecular weight excluding hydrogens is 424 g/mol. The summed E-state index contributed by atoms with van der Waals surface area (Å²) in [6, 6.07) is 10.4. The monoisotopic (exact) mass is 454 g/mol. The Morgan fingerprint density at radius 1 is 1.12 bits per heavy atom. The van der Waals surface area contributed by atoms with Crippen LogP contribution in [0.1, 0.15) is 60.2 Å². The van der Waals surface area contributed by atoms with Gasteiger partial charge in [0.25, 0.3) is 0 Å². The fourth-order valence-corrected chi connectivity index (χ4v) is 5.23. The second-order valence-electron chi connectivity index (χ2n) is 8.51. The first-order chi connectivity index (χ1) is 15.5. The first-order valence-electron chi connectivity index (χ1n) is 11.3. The largest absolute Gasteiger partial charge is 0.466 e. The lowest BCUT2D eigenvalue weighted by atomic mass is 9.92. The summed E-state index contributed by atoms with van der Waals surface area (Å²) in [5, 5.41) is 2.09. The van der Waals surface area contributed by atoms with Crippen LogP contribution in [0.15, 0.2) is 35.7 Å². The molecule has 2 amide bonds. The third-order valence-corrected chi connectivity index (χ3v) is 7.14. The van der Waals surface area contributed by atoms with Gasteiger partial charge in [0.15, 0.2) is 0 Å². The van der Waals surface area contributed by atoms with Crippen LogP contribution in [0.4, 0.5) is 0 Å². The molecule has 1 fully saturated rings. The van der Waals surface area contributed by atoms with Crippen LogP contribution in [0.25, 0.3) is 0 Å². The molecule has 1 unspecified atom stereocenters. The highest BCUT2D eigenvalue weighted by Gasteiger charge is 2.38. The van der Waals surface area contributed by atoms with Crippen molar-refractivity contribution in [2.45, 2.75) is 58.0 Å². The minimum atomic E-state index is -0.372. The average Bonchev–Trinajstić information content (AvgIpc) is 3.51. The zero-order valence-electron chi connectivity index (χ0n) is 18.7. The fraction of sp³-hybridized carbons (Fsp3) is 0.480. The van der Waals surface area contributed by atoms with Crippen LogP contribution in [0.2, 0.25) is 0 Å². The van der Waals surface area contributed by atoms with Crippen LogP contribution in [-0.2, 0) is 25.5 Å². The van der Waals surface area contributed by atoms with E-state index in [-0.39, 0.29) is 49.3 Å². The van der Waals surface area contributed by atoms with Gasteiger partial charge in [-0.1, -0.05) is 29.8 Å². The molecular formula is C25H30N2O4S. The SMILES string of the molecule is CCOC(=O)CCC(=O)N(CC(=O)N1CCc2sccc2C1c1ccc(C)cc1)C1CC1. The van der Waals surface area contributed by atoms with Gasteiger partial charge in [0.05, 0.1) is 19.1 Å². The van der Waals surface area contributed by atoms with Crippen LogP contribution in [-0.4, -0.2) is 53.3 Å². The summed E-state index contributed by atoms with van der Waals surface area (Å²) in [4.78, 5) is 43.0. The van der Waals surface area contributed by atoms with Crippen LogP contribution in [0, 0.1) is 6.92 Å². The lowest BCUT2D eigenvalue weighted by molar-refractivity contribution is -0.147. The molecule has 0 saturated heterocycles. The van der Waals surface area contributed by atoms with Crippen molar-refractivity contribution in [1.29, 1.82) is 0 Å². The molecule has 0 radical (unpaired) electrons. The van der Waals surface area contributed by atoms with Crippen molar-refractivity contribution in [2.24, 2.45) is 0 Å². The van der Waals surface area contributed by atoms with Gasteiger partial charge in [-0.25, -0.2) is 0 Å². The van der Waals surface area contributed by atoms with Crippen molar-refractivity contribution in [3.05, 3.63) is 57.3 Å². The van der Waals surface area contributed by atoms with Gasteiger partial charge in [-0.2, -0.15) is 0 Å². The predicted octanol–water partition coefficient (Wildman–Crippen LogP) is 3.86. The van der Waals surface area contributed by atoms with E-state index < -0.39 is 0 Å². The van der Waals surface area contributed by atoms with E-state index in [4.69, 9.17) is 4.74 Å². The third kappa shape index (κ3) is 5.04. The van der Waals surface area contributed by atoms with Crippen molar-refractivity contribution in [3.8, 4) is 0 Å². The number of thiophene rings is 1. The highest BCUT2D eigenvalue weighted by molar-refractivity contribution is 7.10. The molecule has 1 aliphatic heterocycles. The number of benzene rings is 1. The van der Waals surface area contributed by atoms with Crippen LogP contribution >= 0.6 is 11.3 Å². The maximum absolute atomic E-state index is 13.5. The van der Waals surface area contributed by atoms with Crippen molar-refractivity contribution < 1.29 is 19.1 Å². The summed E-state index contributed by atoms with van der Waals surface area (Å²) in [5.74, 6) is -0.554. The smallest absolute Gasteiger partial charge is 0.306 e. The summed E-state index contributed by atoms with van der Waals surface area (Å²) in [6.45, 7) is 4.81. The average molecular weight is 455 g/mol. The van der Waals surface area contributed by atoms with E-state index in [0.29, 0.717) is 13.2 Å². The van der Waals surface area contributed by atoms with Gasteiger partial charge < -0.3 is 14.5 Å². The minimum absolute atomic E-state index is 0.0381. The molecule has 1 aliphatic carbocycles. The van der Waals surface area contributed by atoms with E-state index in [2.05, 4.69) is 42.6 Å².